The predicted octanol–water partition coefficient (Wildman–Crippen LogP) is -1.42. The first kappa shape index (κ1) is 27.5. The minimum Gasteiger partial charge on any atom is -0.481 e. The van der Waals surface area contributed by atoms with E-state index in [1.165, 1.54) is 0 Å². The first-order valence-corrected chi connectivity index (χ1v) is 8.39. The second kappa shape index (κ2) is 17.7. The second-order valence-corrected chi connectivity index (χ2v) is 5.60. The zero-order chi connectivity index (χ0) is 21.9. The van der Waals surface area contributed by atoms with Gasteiger partial charge in [-0.25, -0.2) is 10.9 Å². The van der Waals surface area contributed by atoms with Crippen molar-refractivity contribution in [1.82, 2.24) is 16.2 Å². The van der Waals surface area contributed by atoms with Gasteiger partial charge in [0.05, 0.1) is 18.1 Å². The lowest BCUT2D eigenvalue weighted by Crippen LogP contribution is -2.48. The van der Waals surface area contributed by atoms with E-state index < -0.39 is 30.0 Å². The molecule has 0 aliphatic carbocycles. The lowest BCUT2D eigenvalue weighted by Gasteiger charge is -2.16. The van der Waals surface area contributed by atoms with E-state index in [0.29, 0.717) is 25.3 Å². The monoisotopic (exact) mass is 405 g/mol. The molecule has 0 spiro atoms. The maximum absolute atomic E-state index is 10.6. The van der Waals surface area contributed by atoms with Crippen molar-refractivity contribution in [1.29, 1.82) is 0 Å². The molecule has 0 heterocycles. The number of carbonyl (C=O) groups excluding carboxylic acids is 3. The maximum Gasteiger partial charge on any atom is 0.303 e. The van der Waals surface area contributed by atoms with Gasteiger partial charge in [-0.1, -0.05) is 0 Å². The number of aldehydes is 3. The van der Waals surface area contributed by atoms with Crippen LogP contribution < -0.4 is 16.2 Å². The third-order valence-electron chi connectivity index (χ3n) is 3.33. The zero-order valence-corrected chi connectivity index (χ0v) is 15.5. The lowest BCUT2D eigenvalue weighted by atomic mass is 10.2. The third-order valence-corrected chi connectivity index (χ3v) is 3.33. The van der Waals surface area contributed by atoms with Gasteiger partial charge in [-0.3, -0.25) is 14.4 Å². The van der Waals surface area contributed by atoms with Crippen LogP contribution in [-0.2, 0) is 28.8 Å². The molecule has 12 nitrogen and oxygen atoms in total. The molecule has 0 rings (SSSR count). The normalized spacial score (nSPS) is 13.2. The number of rotatable bonds is 16. The van der Waals surface area contributed by atoms with E-state index in [2.05, 4.69) is 16.2 Å². The molecule has 3 atom stereocenters. The smallest absolute Gasteiger partial charge is 0.303 e. The molecule has 12 heteroatoms. The molecule has 0 aromatic rings. The average Bonchev–Trinajstić information content (AvgIpc) is 2.64. The summed E-state index contributed by atoms with van der Waals surface area (Å²) < 4.78 is 0. The largest absolute Gasteiger partial charge is 0.481 e. The van der Waals surface area contributed by atoms with E-state index in [-0.39, 0.29) is 38.1 Å². The summed E-state index contributed by atoms with van der Waals surface area (Å²) in [5.74, 6) is -2.93. The van der Waals surface area contributed by atoms with Crippen molar-refractivity contribution < 1.29 is 44.1 Å². The van der Waals surface area contributed by atoms with Crippen LogP contribution in [0, 0.1) is 0 Å². The van der Waals surface area contributed by atoms with E-state index in [0.717, 1.165) is 0 Å². The highest BCUT2D eigenvalue weighted by Gasteiger charge is 2.13. The number of likely N-dealkylation sites (N-methyl/N-ethyl adjacent to an activating group) is 1. The van der Waals surface area contributed by atoms with Crippen LogP contribution in [0.15, 0.2) is 0 Å². The maximum atomic E-state index is 10.6. The number of nitrogens with one attached hydrogen (secondary N) is 3. The Morgan fingerprint density at radius 2 is 0.964 bits per heavy atom. The molecule has 0 unspecified atom stereocenters. The van der Waals surface area contributed by atoms with Gasteiger partial charge in [0, 0.05) is 19.3 Å². The van der Waals surface area contributed by atoms with Gasteiger partial charge in [0.2, 0.25) is 0 Å². The average molecular weight is 405 g/mol. The molecule has 0 saturated carbocycles. The standard InChI is InChI=1S/C10H16N2O6.C6H11NO3/c13-5-7(1-3-9(15)16)11-12-8(6-14)2-4-10(17)18;1-7-5(4-8)2-3-6(9)10/h5-8,11-12H,1-4H2,(H,15,16)(H,17,18);4-5,7H,2-3H2,1H3,(H,9,10)/t7-,8-;5-/m00/s1. The molecule has 28 heavy (non-hydrogen) atoms. The number of hydrazine groups is 1. The van der Waals surface area contributed by atoms with Gasteiger partial charge in [0.25, 0.3) is 0 Å². The van der Waals surface area contributed by atoms with Gasteiger partial charge in [-0.2, -0.15) is 0 Å². The molecule has 0 aromatic heterocycles. The highest BCUT2D eigenvalue weighted by molar-refractivity contribution is 5.69. The molecule has 0 aromatic carbocycles. The Morgan fingerprint density at radius 3 is 1.18 bits per heavy atom. The number of carboxylic acids is 3. The van der Waals surface area contributed by atoms with E-state index in [1.54, 1.807) is 7.05 Å². The van der Waals surface area contributed by atoms with Gasteiger partial charge in [0.15, 0.2) is 0 Å². The van der Waals surface area contributed by atoms with E-state index in [9.17, 15) is 28.8 Å². The van der Waals surface area contributed by atoms with Gasteiger partial charge in [-0.05, 0) is 26.3 Å². The lowest BCUT2D eigenvalue weighted by molar-refractivity contribution is -0.138. The highest BCUT2D eigenvalue weighted by Crippen LogP contribution is 1.97. The van der Waals surface area contributed by atoms with Crippen molar-refractivity contribution in [2.75, 3.05) is 7.05 Å². The number of hydrogen-bond acceptors (Lipinski definition) is 9. The summed E-state index contributed by atoms with van der Waals surface area (Å²) in [7, 11) is 1.63. The Bertz CT molecular complexity index is 484. The SMILES string of the molecule is CN[C@H](C=O)CCC(=O)O.O=C[C@H](CCC(=O)O)NN[C@H](C=O)CCC(=O)O. The Morgan fingerprint density at radius 1 is 0.679 bits per heavy atom. The fraction of sp³-hybridized carbons (Fsp3) is 0.625. The van der Waals surface area contributed by atoms with Crippen LogP contribution in [0.25, 0.3) is 0 Å². The van der Waals surface area contributed by atoms with Crippen LogP contribution >= 0.6 is 0 Å². The third kappa shape index (κ3) is 18.1. The fourth-order valence-electron chi connectivity index (χ4n) is 1.68. The van der Waals surface area contributed by atoms with Crippen LogP contribution in [-0.4, -0.2) is 77.3 Å². The van der Waals surface area contributed by atoms with Crippen molar-refractivity contribution in [2.45, 2.75) is 56.7 Å². The summed E-state index contributed by atoms with van der Waals surface area (Å²) in [4.78, 5) is 61.9. The summed E-state index contributed by atoms with van der Waals surface area (Å²) in [6, 6.07) is -1.81. The van der Waals surface area contributed by atoms with Crippen molar-refractivity contribution in [3.05, 3.63) is 0 Å². The van der Waals surface area contributed by atoms with E-state index in [1.807, 2.05) is 0 Å². The number of aliphatic carboxylic acids is 3. The Kier molecular flexibility index (Phi) is 17.4. The van der Waals surface area contributed by atoms with Crippen LogP contribution in [0.2, 0.25) is 0 Å². The van der Waals surface area contributed by atoms with Crippen LogP contribution in [0.4, 0.5) is 0 Å². The predicted molar refractivity (Wildman–Crippen MR) is 95.5 cm³/mol. The molecule has 160 valence electrons. The van der Waals surface area contributed by atoms with E-state index in [4.69, 9.17) is 15.3 Å². The van der Waals surface area contributed by atoms with Gasteiger partial charge in [-0.15, -0.1) is 0 Å². The van der Waals surface area contributed by atoms with Crippen molar-refractivity contribution >= 4 is 36.8 Å². The Hall–Kier alpha value is -2.70. The van der Waals surface area contributed by atoms with E-state index >= 15 is 0 Å². The molecule has 0 radical (unpaired) electrons. The Balaban J connectivity index is 0. The van der Waals surface area contributed by atoms with Gasteiger partial charge >= 0.3 is 17.9 Å². The summed E-state index contributed by atoms with van der Waals surface area (Å²) >= 11 is 0. The molecule has 6 N–H and O–H groups in total. The fourth-order valence-corrected chi connectivity index (χ4v) is 1.68. The Labute approximate surface area is 161 Å². The minimum atomic E-state index is -1.03. The summed E-state index contributed by atoms with van der Waals surface area (Å²) in [6.07, 6.45) is 1.94. The number of carboxylic acid groups (broad SMARTS) is 3. The van der Waals surface area contributed by atoms with Crippen molar-refractivity contribution in [3.8, 4) is 0 Å². The summed E-state index contributed by atoms with van der Waals surface area (Å²) in [5, 5.41) is 27.8. The first-order valence-electron chi connectivity index (χ1n) is 8.39. The second-order valence-electron chi connectivity index (χ2n) is 5.60. The van der Waals surface area contributed by atoms with Crippen LogP contribution in [0.3, 0.4) is 0 Å². The van der Waals surface area contributed by atoms with Crippen LogP contribution in [0.5, 0.6) is 0 Å². The number of carbonyl (C=O) groups is 6. The molecule has 0 fully saturated rings. The molecule has 0 bridgehead atoms. The molecule has 0 aliphatic rings. The highest BCUT2D eigenvalue weighted by atomic mass is 16.4. The summed E-state index contributed by atoms with van der Waals surface area (Å²) in [5.41, 5.74) is 4.99. The molecular weight excluding hydrogens is 378 g/mol. The van der Waals surface area contributed by atoms with Gasteiger partial charge < -0.3 is 35.0 Å². The molecule has 0 aliphatic heterocycles. The molecule has 0 amide bonds. The minimum absolute atomic E-state index is 0.0320. The zero-order valence-electron chi connectivity index (χ0n) is 15.5. The first-order chi connectivity index (χ1) is 13.2. The molecular formula is C16H27N3O9. The van der Waals surface area contributed by atoms with Crippen molar-refractivity contribution in [2.24, 2.45) is 0 Å². The van der Waals surface area contributed by atoms with Gasteiger partial charge in [0.1, 0.15) is 18.9 Å². The molecule has 0 saturated heterocycles. The van der Waals surface area contributed by atoms with Crippen molar-refractivity contribution in [3.63, 3.8) is 0 Å². The number of hydrogen-bond donors (Lipinski definition) is 6. The summed E-state index contributed by atoms with van der Waals surface area (Å²) in [6.45, 7) is 0. The topological polar surface area (TPSA) is 199 Å². The quantitative estimate of drug-likeness (QED) is 0.130. The van der Waals surface area contributed by atoms with Crippen LogP contribution in [0.1, 0.15) is 38.5 Å².